The second kappa shape index (κ2) is 3.78. The summed E-state index contributed by atoms with van der Waals surface area (Å²) in [6.07, 6.45) is 3.30. The van der Waals surface area contributed by atoms with E-state index < -0.39 is 0 Å². The Kier molecular flexibility index (Phi) is 2.40. The van der Waals surface area contributed by atoms with Crippen LogP contribution in [0, 0.1) is 12.8 Å². The lowest BCUT2D eigenvalue weighted by atomic mass is 9.88. The van der Waals surface area contributed by atoms with E-state index >= 15 is 0 Å². The molecule has 3 unspecified atom stereocenters. The van der Waals surface area contributed by atoms with E-state index in [4.69, 9.17) is 0 Å². The minimum Gasteiger partial charge on any atom is -0.310 e. The van der Waals surface area contributed by atoms with Crippen LogP contribution in [0.25, 0.3) is 0 Å². The Bertz CT molecular complexity index is 419. The predicted octanol–water partition coefficient (Wildman–Crippen LogP) is 0.926. The molecule has 3 rings (SSSR count). The van der Waals surface area contributed by atoms with Crippen molar-refractivity contribution in [2.24, 2.45) is 5.92 Å². The van der Waals surface area contributed by atoms with Gasteiger partial charge in [0.15, 0.2) is 0 Å². The van der Waals surface area contributed by atoms with Gasteiger partial charge in [-0.05, 0) is 26.2 Å². The molecule has 1 amide bonds. The zero-order valence-corrected chi connectivity index (χ0v) is 9.88. The topological polar surface area (TPSA) is 66.9 Å². The molecule has 1 aromatic rings. The molecule has 0 aliphatic carbocycles. The summed E-state index contributed by atoms with van der Waals surface area (Å²) in [4.78, 5) is 12.0. The van der Waals surface area contributed by atoms with Crippen molar-refractivity contribution in [3.05, 3.63) is 5.01 Å². The molecule has 3 heterocycles. The molecular weight excluding hydrogens is 224 g/mol. The standard InChI is InChI=1S/C10H14N4OS/c1-5-13-14-10(16-5)12-9(15)7-4-6-2-3-8(7)11-6/h6-8,11H,2-4H2,1H3,(H,12,14,15). The molecule has 6 heteroatoms. The van der Waals surface area contributed by atoms with E-state index in [1.165, 1.54) is 17.8 Å². The predicted molar refractivity (Wildman–Crippen MR) is 61.3 cm³/mol. The molecule has 3 atom stereocenters. The third kappa shape index (κ3) is 1.72. The third-order valence-electron chi connectivity index (χ3n) is 3.39. The van der Waals surface area contributed by atoms with Gasteiger partial charge in [-0.3, -0.25) is 4.79 Å². The van der Waals surface area contributed by atoms with E-state index in [2.05, 4.69) is 20.8 Å². The summed E-state index contributed by atoms with van der Waals surface area (Å²) >= 11 is 1.42. The minimum absolute atomic E-state index is 0.0934. The smallest absolute Gasteiger partial charge is 0.230 e. The average molecular weight is 238 g/mol. The quantitative estimate of drug-likeness (QED) is 0.804. The van der Waals surface area contributed by atoms with Crippen molar-refractivity contribution < 1.29 is 4.79 Å². The SMILES string of the molecule is Cc1nnc(NC(=O)C2CC3CCC2N3)s1. The molecular formula is C10H14N4OS. The molecule has 5 nitrogen and oxygen atoms in total. The van der Waals surface area contributed by atoms with Gasteiger partial charge >= 0.3 is 0 Å². The van der Waals surface area contributed by atoms with Crippen molar-refractivity contribution in [2.45, 2.75) is 38.3 Å². The van der Waals surface area contributed by atoms with Crippen molar-refractivity contribution >= 4 is 22.4 Å². The summed E-state index contributed by atoms with van der Waals surface area (Å²) in [6.45, 7) is 1.88. The van der Waals surface area contributed by atoms with Gasteiger partial charge in [-0.25, -0.2) is 0 Å². The molecule has 86 valence electrons. The minimum atomic E-state index is 0.0934. The Labute approximate surface area is 97.6 Å². The van der Waals surface area contributed by atoms with Gasteiger partial charge in [0.05, 0.1) is 5.92 Å². The van der Waals surface area contributed by atoms with Crippen molar-refractivity contribution in [3.8, 4) is 0 Å². The molecule has 2 aliphatic rings. The van der Waals surface area contributed by atoms with Crippen molar-refractivity contribution in [3.63, 3.8) is 0 Å². The molecule has 0 spiro atoms. The molecule has 1 aromatic heterocycles. The number of carbonyl (C=O) groups is 1. The molecule has 0 saturated carbocycles. The Morgan fingerprint density at radius 1 is 1.50 bits per heavy atom. The van der Waals surface area contributed by atoms with Crippen LogP contribution in [-0.2, 0) is 4.79 Å². The lowest BCUT2D eigenvalue weighted by Gasteiger charge is -2.18. The Hall–Kier alpha value is -1.01. The molecule has 2 aliphatic heterocycles. The number of hydrogen-bond donors (Lipinski definition) is 2. The number of hydrogen-bond acceptors (Lipinski definition) is 5. The summed E-state index contributed by atoms with van der Waals surface area (Å²) < 4.78 is 0. The highest BCUT2D eigenvalue weighted by Gasteiger charge is 2.42. The van der Waals surface area contributed by atoms with Crippen LogP contribution in [0.3, 0.4) is 0 Å². The van der Waals surface area contributed by atoms with Gasteiger partial charge in [0, 0.05) is 12.1 Å². The van der Waals surface area contributed by atoms with Crippen LogP contribution in [0.4, 0.5) is 5.13 Å². The van der Waals surface area contributed by atoms with Gasteiger partial charge in [-0.15, -0.1) is 10.2 Å². The highest BCUT2D eigenvalue weighted by molar-refractivity contribution is 7.15. The molecule has 0 aromatic carbocycles. The van der Waals surface area contributed by atoms with E-state index in [9.17, 15) is 4.79 Å². The summed E-state index contributed by atoms with van der Waals surface area (Å²) in [6, 6.07) is 0.927. The highest BCUT2D eigenvalue weighted by Crippen LogP contribution is 2.34. The summed E-state index contributed by atoms with van der Waals surface area (Å²) in [5, 5.41) is 15.6. The van der Waals surface area contributed by atoms with E-state index in [-0.39, 0.29) is 11.8 Å². The number of carbonyl (C=O) groups excluding carboxylic acids is 1. The first-order valence-corrected chi connectivity index (χ1v) is 6.41. The second-order valence-electron chi connectivity index (χ2n) is 4.51. The Balaban J connectivity index is 1.65. The number of nitrogens with one attached hydrogen (secondary N) is 2. The fourth-order valence-corrected chi connectivity index (χ4v) is 3.25. The molecule has 2 fully saturated rings. The maximum absolute atomic E-state index is 12.0. The first kappa shape index (κ1) is 10.2. The third-order valence-corrected chi connectivity index (χ3v) is 4.15. The van der Waals surface area contributed by atoms with Gasteiger partial charge in [0.25, 0.3) is 0 Å². The molecule has 2 N–H and O–H groups in total. The van der Waals surface area contributed by atoms with Crippen LogP contribution >= 0.6 is 11.3 Å². The van der Waals surface area contributed by atoms with E-state index in [1.807, 2.05) is 6.92 Å². The average Bonchev–Trinajstić information content (AvgIpc) is 2.93. The first-order chi connectivity index (χ1) is 7.72. The first-order valence-electron chi connectivity index (χ1n) is 5.59. The lowest BCUT2D eigenvalue weighted by molar-refractivity contribution is -0.120. The maximum Gasteiger partial charge on any atom is 0.230 e. The van der Waals surface area contributed by atoms with Crippen LogP contribution < -0.4 is 10.6 Å². The zero-order valence-electron chi connectivity index (χ0n) is 9.06. The number of amides is 1. The van der Waals surface area contributed by atoms with Crippen LogP contribution in [0.1, 0.15) is 24.3 Å². The van der Waals surface area contributed by atoms with Crippen LogP contribution in [0.2, 0.25) is 0 Å². The summed E-state index contributed by atoms with van der Waals surface area (Å²) in [5.74, 6) is 0.207. The van der Waals surface area contributed by atoms with Gasteiger partial charge in [0.1, 0.15) is 5.01 Å². The summed E-state index contributed by atoms with van der Waals surface area (Å²) in [5.41, 5.74) is 0. The molecule has 2 saturated heterocycles. The fraction of sp³-hybridized carbons (Fsp3) is 0.700. The Morgan fingerprint density at radius 2 is 2.38 bits per heavy atom. The van der Waals surface area contributed by atoms with E-state index in [0.717, 1.165) is 17.8 Å². The van der Waals surface area contributed by atoms with Crippen molar-refractivity contribution in [1.82, 2.24) is 15.5 Å². The van der Waals surface area contributed by atoms with Gasteiger partial charge < -0.3 is 10.6 Å². The maximum atomic E-state index is 12.0. The van der Waals surface area contributed by atoms with E-state index in [0.29, 0.717) is 17.2 Å². The van der Waals surface area contributed by atoms with Gasteiger partial charge in [0.2, 0.25) is 11.0 Å². The van der Waals surface area contributed by atoms with Crippen LogP contribution in [0.5, 0.6) is 0 Å². The van der Waals surface area contributed by atoms with Crippen LogP contribution in [-0.4, -0.2) is 28.2 Å². The number of fused-ring (bicyclic) bond motifs is 2. The van der Waals surface area contributed by atoms with Crippen molar-refractivity contribution in [2.75, 3.05) is 5.32 Å². The highest BCUT2D eigenvalue weighted by atomic mass is 32.1. The van der Waals surface area contributed by atoms with Crippen LogP contribution in [0.15, 0.2) is 0 Å². The van der Waals surface area contributed by atoms with Gasteiger partial charge in [-0.1, -0.05) is 11.3 Å². The zero-order chi connectivity index (χ0) is 11.1. The number of aryl methyl sites for hydroxylation is 1. The normalized spacial score (nSPS) is 31.9. The monoisotopic (exact) mass is 238 g/mol. The lowest BCUT2D eigenvalue weighted by Crippen LogP contribution is -2.32. The van der Waals surface area contributed by atoms with Crippen molar-refractivity contribution in [1.29, 1.82) is 0 Å². The number of aromatic nitrogens is 2. The molecule has 0 radical (unpaired) electrons. The van der Waals surface area contributed by atoms with E-state index in [1.54, 1.807) is 0 Å². The number of nitrogens with zero attached hydrogens (tertiary/aromatic N) is 2. The summed E-state index contributed by atoms with van der Waals surface area (Å²) in [7, 11) is 0. The number of anilines is 1. The van der Waals surface area contributed by atoms with Gasteiger partial charge in [-0.2, -0.15) is 0 Å². The largest absolute Gasteiger partial charge is 0.310 e. The number of rotatable bonds is 2. The molecule has 16 heavy (non-hydrogen) atoms. The fourth-order valence-electron chi connectivity index (χ4n) is 2.66. The molecule has 2 bridgehead atoms. The Morgan fingerprint density at radius 3 is 2.94 bits per heavy atom. The second-order valence-corrected chi connectivity index (χ2v) is 5.69.